The third-order valence-electron chi connectivity index (χ3n) is 3.66. The lowest BCUT2D eigenvalue weighted by Gasteiger charge is -2.14. The fraction of sp³-hybridized carbons (Fsp3) is 0.316. The van der Waals surface area contributed by atoms with Crippen molar-refractivity contribution >= 4 is 28.6 Å². The van der Waals surface area contributed by atoms with Crippen LogP contribution in [-0.2, 0) is 14.3 Å². The summed E-state index contributed by atoms with van der Waals surface area (Å²) in [5.41, 5.74) is 0.402. The Morgan fingerprint density at radius 1 is 1.08 bits per heavy atom. The van der Waals surface area contributed by atoms with Crippen molar-refractivity contribution in [2.45, 2.75) is 26.3 Å². The Morgan fingerprint density at radius 3 is 2.56 bits per heavy atom. The molecular weight excluding hydrogens is 320 g/mol. The summed E-state index contributed by atoms with van der Waals surface area (Å²) in [4.78, 5) is 35.8. The van der Waals surface area contributed by atoms with Crippen molar-refractivity contribution in [3.8, 4) is 0 Å². The van der Waals surface area contributed by atoms with Crippen LogP contribution in [0.3, 0.4) is 0 Å². The van der Waals surface area contributed by atoms with Crippen LogP contribution in [0.2, 0.25) is 0 Å². The zero-order chi connectivity index (χ0) is 18.2. The van der Waals surface area contributed by atoms with Gasteiger partial charge in [0.2, 0.25) is 5.91 Å². The molecule has 2 aromatic carbocycles. The van der Waals surface area contributed by atoms with E-state index in [1.165, 1.54) is 0 Å². The molecule has 0 spiro atoms. The minimum absolute atomic E-state index is 0.268. The quantitative estimate of drug-likeness (QED) is 0.754. The van der Waals surface area contributed by atoms with Gasteiger partial charge in [-0.1, -0.05) is 43.3 Å². The summed E-state index contributed by atoms with van der Waals surface area (Å²) in [6.07, 6.45) is 0.815. The second kappa shape index (κ2) is 8.82. The number of benzene rings is 2. The molecule has 2 rings (SSSR count). The zero-order valence-corrected chi connectivity index (χ0v) is 14.4. The monoisotopic (exact) mass is 342 g/mol. The van der Waals surface area contributed by atoms with Gasteiger partial charge in [-0.15, -0.1) is 0 Å². The molecule has 0 aliphatic heterocycles. The van der Waals surface area contributed by atoms with Crippen LogP contribution in [0, 0.1) is 0 Å². The van der Waals surface area contributed by atoms with E-state index in [0.29, 0.717) is 12.1 Å². The number of fused-ring (bicyclic) bond motifs is 1. The van der Waals surface area contributed by atoms with Gasteiger partial charge >= 0.3 is 5.97 Å². The molecule has 0 aliphatic rings. The smallest absolute Gasteiger partial charge is 0.339 e. The van der Waals surface area contributed by atoms with E-state index in [9.17, 15) is 14.4 Å². The maximum atomic E-state index is 12.2. The summed E-state index contributed by atoms with van der Waals surface area (Å²) < 4.78 is 5.08. The third-order valence-corrected chi connectivity index (χ3v) is 3.66. The van der Waals surface area contributed by atoms with Crippen molar-refractivity contribution in [3.63, 3.8) is 0 Å². The summed E-state index contributed by atoms with van der Waals surface area (Å²) >= 11 is 0. The molecule has 2 aromatic rings. The van der Waals surface area contributed by atoms with Crippen LogP contribution in [0.25, 0.3) is 10.8 Å². The number of hydrogen-bond donors (Lipinski definition) is 2. The first kappa shape index (κ1) is 18.4. The normalized spacial score (nSPS) is 11.6. The molecule has 6 heteroatoms. The highest BCUT2D eigenvalue weighted by molar-refractivity contribution is 6.05. The van der Waals surface area contributed by atoms with Crippen LogP contribution >= 0.6 is 0 Å². The lowest BCUT2D eigenvalue weighted by atomic mass is 10.1. The number of carbonyl (C=O) groups excluding carboxylic acids is 3. The van der Waals surface area contributed by atoms with Crippen LogP contribution in [-0.4, -0.2) is 37.0 Å². The van der Waals surface area contributed by atoms with Crippen LogP contribution in [0.4, 0.5) is 0 Å². The number of rotatable bonds is 7. The minimum atomic E-state index is -0.685. The largest absolute Gasteiger partial charge is 0.452 e. The van der Waals surface area contributed by atoms with Crippen molar-refractivity contribution in [1.29, 1.82) is 0 Å². The Kier molecular flexibility index (Phi) is 6.51. The van der Waals surface area contributed by atoms with E-state index in [1.54, 1.807) is 19.1 Å². The van der Waals surface area contributed by atoms with Gasteiger partial charge < -0.3 is 15.4 Å². The first-order chi connectivity index (χ1) is 12.0. The Labute approximate surface area is 146 Å². The summed E-state index contributed by atoms with van der Waals surface area (Å²) in [6, 6.07) is 12.1. The highest BCUT2D eigenvalue weighted by Gasteiger charge is 2.17. The molecule has 0 heterocycles. The second-order valence-electron chi connectivity index (χ2n) is 5.68. The number of amides is 2. The van der Waals surface area contributed by atoms with Crippen LogP contribution in [0.15, 0.2) is 42.5 Å². The van der Waals surface area contributed by atoms with Crippen LogP contribution < -0.4 is 10.6 Å². The van der Waals surface area contributed by atoms with Gasteiger partial charge in [0.05, 0.1) is 5.56 Å². The van der Waals surface area contributed by atoms with Gasteiger partial charge in [-0.2, -0.15) is 0 Å². The predicted molar refractivity (Wildman–Crippen MR) is 95.1 cm³/mol. The topological polar surface area (TPSA) is 84.5 Å². The van der Waals surface area contributed by atoms with E-state index in [2.05, 4.69) is 10.6 Å². The number of hydrogen-bond acceptors (Lipinski definition) is 4. The van der Waals surface area contributed by atoms with E-state index in [-0.39, 0.29) is 5.91 Å². The number of ether oxygens (including phenoxy) is 1. The van der Waals surface area contributed by atoms with Crippen molar-refractivity contribution < 1.29 is 19.1 Å². The summed E-state index contributed by atoms with van der Waals surface area (Å²) in [7, 11) is 0. The SMILES string of the molecule is CCCNC(=O)[C@H](C)NC(=O)COC(=O)c1cccc2ccccc12. The zero-order valence-electron chi connectivity index (χ0n) is 14.4. The first-order valence-electron chi connectivity index (χ1n) is 8.25. The fourth-order valence-corrected chi connectivity index (χ4v) is 2.36. The Hall–Kier alpha value is -2.89. The summed E-state index contributed by atoms with van der Waals surface area (Å²) in [5, 5.41) is 6.88. The highest BCUT2D eigenvalue weighted by Crippen LogP contribution is 2.19. The van der Waals surface area contributed by atoms with Gasteiger partial charge in [0.15, 0.2) is 6.61 Å². The van der Waals surface area contributed by atoms with E-state index < -0.39 is 24.5 Å². The molecule has 132 valence electrons. The van der Waals surface area contributed by atoms with Crippen molar-refractivity contribution in [3.05, 3.63) is 48.0 Å². The van der Waals surface area contributed by atoms with Gasteiger partial charge in [-0.05, 0) is 30.2 Å². The molecular formula is C19H22N2O4. The summed E-state index contributed by atoms with van der Waals surface area (Å²) in [6.45, 7) is 3.63. The van der Waals surface area contributed by atoms with Crippen molar-refractivity contribution in [2.75, 3.05) is 13.2 Å². The molecule has 25 heavy (non-hydrogen) atoms. The number of nitrogens with one attached hydrogen (secondary N) is 2. The lowest BCUT2D eigenvalue weighted by molar-refractivity contribution is -0.130. The second-order valence-corrected chi connectivity index (χ2v) is 5.68. The maximum Gasteiger partial charge on any atom is 0.339 e. The first-order valence-corrected chi connectivity index (χ1v) is 8.25. The van der Waals surface area contributed by atoms with Crippen molar-refractivity contribution in [2.24, 2.45) is 0 Å². The van der Waals surface area contributed by atoms with Gasteiger partial charge in [0, 0.05) is 6.54 Å². The van der Waals surface area contributed by atoms with E-state index in [1.807, 2.05) is 37.3 Å². The Bertz CT molecular complexity index is 768. The Morgan fingerprint density at radius 2 is 1.80 bits per heavy atom. The van der Waals surface area contributed by atoms with E-state index >= 15 is 0 Å². The molecule has 0 bridgehead atoms. The minimum Gasteiger partial charge on any atom is -0.452 e. The molecule has 6 nitrogen and oxygen atoms in total. The Balaban J connectivity index is 1.91. The van der Waals surface area contributed by atoms with Gasteiger partial charge in [-0.25, -0.2) is 4.79 Å². The molecule has 0 saturated carbocycles. The average molecular weight is 342 g/mol. The third kappa shape index (κ3) is 5.04. The molecule has 0 radical (unpaired) electrons. The molecule has 2 amide bonds. The number of esters is 1. The standard InChI is InChI=1S/C19H22N2O4/c1-3-11-20-18(23)13(2)21-17(22)12-25-19(24)16-10-6-8-14-7-4-5-9-15(14)16/h4-10,13H,3,11-12H2,1-2H3,(H,20,23)(H,21,22)/t13-/m0/s1. The predicted octanol–water partition coefficient (Wildman–Crippen LogP) is 2.03. The van der Waals surface area contributed by atoms with Gasteiger partial charge in [0.1, 0.15) is 6.04 Å². The van der Waals surface area contributed by atoms with Crippen LogP contribution in [0.5, 0.6) is 0 Å². The molecule has 0 aromatic heterocycles. The van der Waals surface area contributed by atoms with E-state index in [0.717, 1.165) is 17.2 Å². The molecule has 0 aliphatic carbocycles. The number of carbonyl (C=O) groups is 3. The maximum absolute atomic E-state index is 12.2. The molecule has 2 N–H and O–H groups in total. The average Bonchev–Trinajstić information content (AvgIpc) is 2.63. The molecule has 1 atom stereocenters. The lowest BCUT2D eigenvalue weighted by Crippen LogP contribution is -2.46. The molecule has 0 fully saturated rings. The van der Waals surface area contributed by atoms with Gasteiger partial charge in [0.25, 0.3) is 5.91 Å². The fourth-order valence-electron chi connectivity index (χ4n) is 2.36. The van der Waals surface area contributed by atoms with E-state index in [4.69, 9.17) is 4.74 Å². The van der Waals surface area contributed by atoms with Gasteiger partial charge in [-0.3, -0.25) is 9.59 Å². The van der Waals surface area contributed by atoms with Crippen molar-refractivity contribution in [1.82, 2.24) is 10.6 Å². The van der Waals surface area contributed by atoms with Crippen LogP contribution in [0.1, 0.15) is 30.6 Å². The molecule has 0 unspecified atom stereocenters. The molecule has 0 saturated heterocycles. The highest BCUT2D eigenvalue weighted by atomic mass is 16.5. The summed E-state index contributed by atoms with van der Waals surface area (Å²) in [5.74, 6) is -1.36.